The van der Waals surface area contributed by atoms with E-state index < -0.39 is 0 Å². The monoisotopic (exact) mass is 314 g/mol. The van der Waals surface area contributed by atoms with Crippen molar-refractivity contribution in [2.45, 2.75) is 19.8 Å². The number of aryl methyl sites for hydroxylation is 1. The quantitative estimate of drug-likeness (QED) is 0.926. The van der Waals surface area contributed by atoms with Gasteiger partial charge in [0.15, 0.2) is 0 Å². The molecule has 0 bridgehead atoms. The van der Waals surface area contributed by atoms with E-state index in [1.807, 2.05) is 30.0 Å². The van der Waals surface area contributed by atoms with Gasteiger partial charge in [0.25, 0.3) is 0 Å². The molecule has 2 rings (SSSR count). The summed E-state index contributed by atoms with van der Waals surface area (Å²) in [5, 5.41) is 4.40. The minimum Gasteiger partial charge on any atom is -0.340 e. The summed E-state index contributed by atoms with van der Waals surface area (Å²) in [6.07, 6.45) is 1.68. The van der Waals surface area contributed by atoms with Gasteiger partial charge in [0.1, 0.15) is 0 Å². The number of carbonyl (C=O) groups excluding carboxylic acids is 1. The first kappa shape index (κ1) is 15.6. The topological polar surface area (TPSA) is 32.3 Å². The number of nitrogens with one attached hydrogen (secondary N) is 1. The molecule has 1 aliphatic rings. The van der Waals surface area contributed by atoms with Crippen molar-refractivity contribution in [3.05, 3.63) is 33.8 Å². The van der Waals surface area contributed by atoms with E-state index in [2.05, 4.69) is 5.32 Å². The normalized spacial score (nSPS) is 17.1. The maximum Gasteiger partial charge on any atom is 0.225 e. The number of carbonyl (C=O) groups is 1. The van der Waals surface area contributed by atoms with Gasteiger partial charge in [-0.05, 0) is 30.5 Å². The lowest BCUT2D eigenvalue weighted by Gasteiger charge is -2.29. The predicted octanol–water partition coefficient (Wildman–Crippen LogP) is 2.99. The first-order valence-corrected chi connectivity index (χ1v) is 7.77. The van der Waals surface area contributed by atoms with Crippen LogP contribution in [0, 0.1) is 5.92 Å². The van der Waals surface area contributed by atoms with E-state index in [0.29, 0.717) is 10.0 Å². The molecule has 3 nitrogen and oxygen atoms in total. The number of rotatable bonds is 4. The van der Waals surface area contributed by atoms with Gasteiger partial charge < -0.3 is 10.2 Å². The third kappa shape index (κ3) is 4.11. The highest BCUT2D eigenvalue weighted by Gasteiger charge is 2.21. The Morgan fingerprint density at radius 2 is 2.00 bits per heavy atom. The van der Waals surface area contributed by atoms with Crippen molar-refractivity contribution in [2.24, 2.45) is 5.92 Å². The van der Waals surface area contributed by atoms with Gasteiger partial charge in [-0.2, -0.15) is 0 Å². The standard InChI is InChI=1S/C15H20Cl2N2O/c1-11(15(20)19-8-6-18-7-9-19)2-3-12-4-5-13(16)14(17)10-12/h4-5,10-11,18H,2-3,6-9H2,1H3. The van der Waals surface area contributed by atoms with E-state index in [0.717, 1.165) is 44.6 Å². The molecule has 1 heterocycles. The lowest BCUT2D eigenvalue weighted by Crippen LogP contribution is -2.48. The zero-order valence-corrected chi connectivity index (χ0v) is 13.2. The van der Waals surface area contributed by atoms with Gasteiger partial charge in [-0.25, -0.2) is 0 Å². The highest BCUT2D eigenvalue weighted by Crippen LogP contribution is 2.24. The highest BCUT2D eigenvalue weighted by atomic mass is 35.5. The van der Waals surface area contributed by atoms with Crippen molar-refractivity contribution in [2.75, 3.05) is 26.2 Å². The average molecular weight is 315 g/mol. The SMILES string of the molecule is CC(CCc1ccc(Cl)c(Cl)c1)C(=O)N1CCNCC1. The van der Waals surface area contributed by atoms with Crippen molar-refractivity contribution in [3.8, 4) is 0 Å². The molecule has 20 heavy (non-hydrogen) atoms. The van der Waals surface area contributed by atoms with Crippen LogP contribution in [0.3, 0.4) is 0 Å². The molecule has 1 aromatic rings. The van der Waals surface area contributed by atoms with Crippen LogP contribution in [0.5, 0.6) is 0 Å². The van der Waals surface area contributed by atoms with Crippen LogP contribution in [0.15, 0.2) is 18.2 Å². The second-order valence-corrected chi connectivity index (χ2v) is 6.08. The molecule has 5 heteroatoms. The molecule has 1 fully saturated rings. The number of nitrogens with zero attached hydrogens (tertiary/aromatic N) is 1. The number of halogens is 2. The maximum absolute atomic E-state index is 12.3. The van der Waals surface area contributed by atoms with E-state index in [4.69, 9.17) is 23.2 Å². The molecule has 0 aliphatic carbocycles. The van der Waals surface area contributed by atoms with Crippen molar-refractivity contribution in [1.29, 1.82) is 0 Å². The largest absolute Gasteiger partial charge is 0.340 e. The van der Waals surface area contributed by atoms with Crippen LogP contribution in [0.2, 0.25) is 10.0 Å². The molecule has 110 valence electrons. The highest BCUT2D eigenvalue weighted by molar-refractivity contribution is 6.42. The molecule has 0 radical (unpaired) electrons. The Morgan fingerprint density at radius 1 is 1.30 bits per heavy atom. The summed E-state index contributed by atoms with van der Waals surface area (Å²) in [7, 11) is 0. The maximum atomic E-state index is 12.3. The van der Waals surface area contributed by atoms with E-state index in [-0.39, 0.29) is 11.8 Å². The van der Waals surface area contributed by atoms with Crippen LogP contribution >= 0.6 is 23.2 Å². The fourth-order valence-corrected chi connectivity index (χ4v) is 2.72. The second kappa shape index (κ2) is 7.30. The smallest absolute Gasteiger partial charge is 0.225 e. The number of piperazine rings is 1. The predicted molar refractivity (Wildman–Crippen MR) is 83.4 cm³/mol. The summed E-state index contributed by atoms with van der Waals surface area (Å²) in [4.78, 5) is 14.2. The number of hydrogen-bond acceptors (Lipinski definition) is 2. The molecule has 1 amide bonds. The Balaban J connectivity index is 1.85. The average Bonchev–Trinajstić information content (AvgIpc) is 2.48. The van der Waals surface area contributed by atoms with Crippen LogP contribution in [-0.4, -0.2) is 37.0 Å². The summed E-state index contributed by atoms with van der Waals surface area (Å²) >= 11 is 11.9. The molecule has 0 spiro atoms. The zero-order chi connectivity index (χ0) is 14.5. The summed E-state index contributed by atoms with van der Waals surface area (Å²) in [6, 6.07) is 5.66. The van der Waals surface area contributed by atoms with Crippen molar-refractivity contribution >= 4 is 29.1 Å². The van der Waals surface area contributed by atoms with Gasteiger partial charge in [-0.15, -0.1) is 0 Å². The summed E-state index contributed by atoms with van der Waals surface area (Å²) in [5.41, 5.74) is 1.12. The zero-order valence-electron chi connectivity index (χ0n) is 11.7. The minimum atomic E-state index is 0.0440. The molecule has 1 N–H and O–H groups in total. The van der Waals surface area contributed by atoms with Crippen molar-refractivity contribution in [3.63, 3.8) is 0 Å². The van der Waals surface area contributed by atoms with Crippen LogP contribution in [0.1, 0.15) is 18.9 Å². The number of benzene rings is 1. The lowest BCUT2D eigenvalue weighted by atomic mass is 9.99. The second-order valence-electron chi connectivity index (χ2n) is 5.26. The molecule has 1 aromatic carbocycles. The fourth-order valence-electron chi connectivity index (χ4n) is 2.40. The third-order valence-electron chi connectivity index (χ3n) is 3.70. The van der Waals surface area contributed by atoms with Crippen molar-refractivity contribution in [1.82, 2.24) is 10.2 Å². The van der Waals surface area contributed by atoms with Gasteiger partial charge in [0, 0.05) is 32.1 Å². The first-order valence-electron chi connectivity index (χ1n) is 7.01. The third-order valence-corrected chi connectivity index (χ3v) is 4.44. The first-order chi connectivity index (χ1) is 9.58. The molecule has 1 saturated heterocycles. The van der Waals surface area contributed by atoms with Crippen LogP contribution in [-0.2, 0) is 11.2 Å². The summed E-state index contributed by atoms with van der Waals surface area (Å²) in [6.45, 7) is 5.42. The Kier molecular flexibility index (Phi) is 5.70. The Labute approximate surface area is 130 Å². The molecule has 1 atom stereocenters. The van der Waals surface area contributed by atoms with Gasteiger partial charge in [0.05, 0.1) is 10.0 Å². The van der Waals surface area contributed by atoms with Crippen LogP contribution in [0.4, 0.5) is 0 Å². The van der Waals surface area contributed by atoms with Gasteiger partial charge in [-0.1, -0.05) is 36.2 Å². The molecular formula is C15H20Cl2N2O. The summed E-state index contributed by atoms with van der Waals surface area (Å²) < 4.78 is 0. The van der Waals surface area contributed by atoms with E-state index in [9.17, 15) is 4.79 Å². The van der Waals surface area contributed by atoms with E-state index >= 15 is 0 Å². The van der Waals surface area contributed by atoms with Crippen LogP contribution < -0.4 is 5.32 Å². The van der Waals surface area contributed by atoms with E-state index in [1.165, 1.54) is 0 Å². The molecule has 1 unspecified atom stereocenters. The Bertz CT molecular complexity index is 473. The molecule has 0 aromatic heterocycles. The van der Waals surface area contributed by atoms with Gasteiger partial charge >= 0.3 is 0 Å². The lowest BCUT2D eigenvalue weighted by molar-refractivity contribution is -0.135. The van der Waals surface area contributed by atoms with Gasteiger partial charge in [-0.3, -0.25) is 4.79 Å². The molecular weight excluding hydrogens is 295 g/mol. The molecule has 0 saturated carbocycles. The van der Waals surface area contributed by atoms with E-state index in [1.54, 1.807) is 0 Å². The number of amides is 1. The van der Waals surface area contributed by atoms with Crippen molar-refractivity contribution < 1.29 is 4.79 Å². The molecule has 1 aliphatic heterocycles. The van der Waals surface area contributed by atoms with Crippen LogP contribution in [0.25, 0.3) is 0 Å². The van der Waals surface area contributed by atoms with Gasteiger partial charge in [0.2, 0.25) is 5.91 Å². The number of hydrogen-bond donors (Lipinski definition) is 1. The minimum absolute atomic E-state index is 0.0440. The Morgan fingerprint density at radius 3 is 2.65 bits per heavy atom. The summed E-state index contributed by atoms with van der Waals surface area (Å²) in [5.74, 6) is 0.300. The Hall–Kier alpha value is -0.770. The fraction of sp³-hybridized carbons (Fsp3) is 0.533.